The van der Waals surface area contributed by atoms with Gasteiger partial charge in [0.05, 0.1) is 31.9 Å². The van der Waals surface area contributed by atoms with Crippen LogP contribution in [0.15, 0.2) is 36.4 Å². The number of benzene rings is 2. The smallest absolute Gasteiger partial charge is 0.305 e. The second-order valence-electron chi connectivity index (χ2n) is 8.86. The van der Waals surface area contributed by atoms with Crippen molar-refractivity contribution in [2.45, 2.75) is 38.6 Å². The summed E-state index contributed by atoms with van der Waals surface area (Å²) in [6.45, 7) is 4.63. The lowest BCUT2D eigenvalue weighted by Gasteiger charge is -2.26. The van der Waals surface area contributed by atoms with Crippen LogP contribution in [0.3, 0.4) is 0 Å². The number of hydrogen-bond acceptors (Lipinski definition) is 7. The monoisotopic (exact) mass is 515 g/mol. The lowest BCUT2D eigenvalue weighted by atomic mass is 10.1. The van der Waals surface area contributed by atoms with E-state index < -0.39 is 17.9 Å². The van der Waals surface area contributed by atoms with E-state index in [9.17, 15) is 14.4 Å². The molecule has 2 amide bonds. The zero-order chi connectivity index (χ0) is 25.7. The van der Waals surface area contributed by atoms with E-state index >= 15 is 0 Å². The molecule has 2 aliphatic rings. The Morgan fingerprint density at radius 1 is 1.11 bits per heavy atom. The minimum atomic E-state index is -0.949. The van der Waals surface area contributed by atoms with Crippen LogP contribution in [0.25, 0.3) is 0 Å². The summed E-state index contributed by atoms with van der Waals surface area (Å²) >= 11 is 6.44. The third-order valence-electron chi connectivity index (χ3n) is 6.50. The molecule has 1 saturated heterocycles. The maximum Gasteiger partial charge on any atom is 0.305 e. The molecule has 36 heavy (non-hydrogen) atoms. The molecule has 0 spiro atoms. The van der Waals surface area contributed by atoms with Crippen molar-refractivity contribution in [1.82, 2.24) is 9.80 Å². The normalized spacial score (nSPS) is 16.5. The Labute approximate surface area is 215 Å². The van der Waals surface area contributed by atoms with Crippen LogP contribution in [0.2, 0.25) is 5.02 Å². The van der Waals surface area contributed by atoms with E-state index in [0.717, 1.165) is 38.4 Å². The van der Waals surface area contributed by atoms with Crippen molar-refractivity contribution in [2.75, 3.05) is 33.4 Å². The number of fused-ring (bicyclic) bond motifs is 1. The van der Waals surface area contributed by atoms with Gasteiger partial charge in [0.15, 0.2) is 0 Å². The van der Waals surface area contributed by atoms with E-state index in [0.29, 0.717) is 21.9 Å². The molecule has 2 aromatic carbocycles. The Hall–Kier alpha value is -3.14. The Bertz CT molecular complexity index is 1120. The second-order valence-corrected chi connectivity index (χ2v) is 9.27. The first-order chi connectivity index (χ1) is 17.4. The summed E-state index contributed by atoms with van der Waals surface area (Å²) < 4.78 is 16.1. The number of carbonyl (C=O) groups excluding carboxylic acids is 3. The number of morpholine rings is 1. The van der Waals surface area contributed by atoms with Gasteiger partial charge in [0.2, 0.25) is 5.91 Å². The van der Waals surface area contributed by atoms with Crippen LogP contribution in [0.1, 0.15) is 39.9 Å². The SMILES string of the molecule is COC(=O)CCC(C(N)=O)N1Cc2c(ccc(Cl)c2OCc2ccc(CN3CCOCC3)cc2)C1=O. The number of hydrogen-bond donors (Lipinski definition) is 1. The molecule has 0 bridgehead atoms. The molecule has 2 aromatic rings. The van der Waals surface area contributed by atoms with Crippen LogP contribution in [-0.2, 0) is 38.8 Å². The number of carbonyl (C=O) groups is 3. The Balaban J connectivity index is 1.44. The van der Waals surface area contributed by atoms with E-state index in [4.69, 9.17) is 26.8 Å². The number of esters is 1. The van der Waals surface area contributed by atoms with Gasteiger partial charge < -0.3 is 24.8 Å². The Kier molecular flexibility index (Phi) is 8.45. The van der Waals surface area contributed by atoms with Crippen LogP contribution in [0, 0.1) is 0 Å². The van der Waals surface area contributed by atoms with Gasteiger partial charge in [0, 0.05) is 37.2 Å². The average Bonchev–Trinajstić information content (AvgIpc) is 3.20. The highest BCUT2D eigenvalue weighted by molar-refractivity contribution is 6.32. The largest absolute Gasteiger partial charge is 0.487 e. The van der Waals surface area contributed by atoms with Gasteiger partial charge in [-0.05, 0) is 29.7 Å². The number of ether oxygens (including phenoxy) is 3. The molecule has 0 saturated carbocycles. The summed E-state index contributed by atoms with van der Waals surface area (Å²) in [4.78, 5) is 40.5. The molecule has 0 aliphatic carbocycles. The van der Waals surface area contributed by atoms with E-state index in [1.165, 1.54) is 17.6 Å². The highest BCUT2D eigenvalue weighted by Crippen LogP contribution is 2.38. The lowest BCUT2D eigenvalue weighted by Crippen LogP contribution is -2.45. The van der Waals surface area contributed by atoms with Crippen LogP contribution in [-0.4, -0.2) is 67.0 Å². The van der Waals surface area contributed by atoms with Gasteiger partial charge in [-0.15, -0.1) is 0 Å². The molecule has 0 radical (unpaired) electrons. The van der Waals surface area contributed by atoms with Crippen LogP contribution >= 0.6 is 11.6 Å². The number of rotatable bonds is 10. The molecule has 2 N–H and O–H groups in total. The van der Waals surface area contributed by atoms with E-state index in [-0.39, 0.29) is 31.9 Å². The molecule has 1 atom stereocenters. The van der Waals surface area contributed by atoms with Gasteiger partial charge in [-0.2, -0.15) is 0 Å². The van der Waals surface area contributed by atoms with Crippen LogP contribution < -0.4 is 10.5 Å². The summed E-state index contributed by atoms with van der Waals surface area (Å²) in [7, 11) is 1.27. The zero-order valence-electron chi connectivity index (χ0n) is 20.2. The van der Waals surface area contributed by atoms with Gasteiger partial charge in [0.1, 0.15) is 18.4 Å². The third kappa shape index (κ3) is 5.98. The fraction of sp³-hybridized carbons (Fsp3) is 0.423. The first kappa shape index (κ1) is 25.9. The minimum Gasteiger partial charge on any atom is -0.487 e. The topological polar surface area (TPSA) is 111 Å². The summed E-state index contributed by atoms with van der Waals surface area (Å²) in [5, 5.41) is 0.373. The van der Waals surface area contributed by atoms with Crippen LogP contribution in [0.4, 0.5) is 0 Å². The van der Waals surface area contributed by atoms with E-state index in [2.05, 4.69) is 21.8 Å². The fourth-order valence-corrected chi connectivity index (χ4v) is 4.72. The van der Waals surface area contributed by atoms with Crippen LogP contribution in [0.5, 0.6) is 5.75 Å². The van der Waals surface area contributed by atoms with Crippen molar-refractivity contribution < 1.29 is 28.6 Å². The van der Waals surface area contributed by atoms with Gasteiger partial charge in [-0.1, -0.05) is 35.9 Å². The predicted octanol–water partition coefficient (Wildman–Crippen LogP) is 2.51. The first-order valence-corrected chi connectivity index (χ1v) is 12.2. The summed E-state index contributed by atoms with van der Waals surface area (Å²) in [6, 6.07) is 10.5. The molecular weight excluding hydrogens is 486 g/mol. The summed E-state index contributed by atoms with van der Waals surface area (Å²) in [5.41, 5.74) is 8.74. The molecule has 1 unspecified atom stereocenters. The predicted molar refractivity (Wildman–Crippen MR) is 132 cm³/mol. The third-order valence-corrected chi connectivity index (χ3v) is 6.80. The molecule has 1 fully saturated rings. The lowest BCUT2D eigenvalue weighted by molar-refractivity contribution is -0.141. The molecule has 4 rings (SSSR count). The molecule has 0 aromatic heterocycles. The van der Waals surface area contributed by atoms with E-state index in [1.54, 1.807) is 12.1 Å². The minimum absolute atomic E-state index is 0.0319. The van der Waals surface area contributed by atoms with Gasteiger partial charge >= 0.3 is 5.97 Å². The number of methoxy groups -OCH3 is 1. The van der Waals surface area contributed by atoms with Crippen molar-refractivity contribution in [2.24, 2.45) is 5.73 Å². The van der Waals surface area contributed by atoms with Crippen molar-refractivity contribution >= 4 is 29.4 Å². The first-order valence-electron chi connectivity index (χ1n) is 11.9. The maximum absolute atomic E-state index is 13.1. The Morgan fingerprint density at radius 2 is 1.81 bits per heavy atom. The molecule has 10 heteroatoms. The highest BCUT2D eigenvalue weighted by atomic mass is 35.5. The average molecular weight is 516 g/mol. The summed E-state index contributed by atoms with van der Waals surface area (Å²) in [6.07, 6.45) is 0.0400. The van der Waals surface area contributed by atoms with Crippen molar-refractivity contribution in [1.29, 1.82) is 0 Å². The molecule has 192 valence electrons. The number of halogens is 1. The maximum atomic E-state index is 13.1. The standard InChI is InChI=1S/C26H30ClN3O6/c1-34-23(31)9-8-22(25(28)32)30-15-20-19(26(30)33)6-7-21(27)24(20)36-16-18-4-2-17(3-5-18)14-29-10-12-35-13-11-29/h2-7,22H,8-16H2,1H3,(H2,28,32). The zero-order valence-corrected chi connectivity index (χ0v) is 21.0. The molecule has 9 nitrogen and oxygen atoms in total. The highest BCUT2D eigenvalue weighted by Gasteiger charge is 2.38. The number of primary amides is 1. The fourth-order valence-electron chi connectivity index (χ4n) is 4.48. The Morgan fingerprint density at radius 3 is 2.47 bits per heavy atom. The van der Waals surface area contributed by atoms with Crippen molar-refractivity contribution in [3.63, 3.8) is 0 Å². The number of nitrogens with zero attached hydrogens (tertiary/aromatic N) is 2. The van der Waals surface area contributed by atoms with Crippen molar-refractivity contribution in [3.05, 3.63) is 63.7 Å². The molecule has 2 aliphatic heterocycles. The van der Waals surface area contributed by atoms with Gasteiger partial charge in [-0.25, -0.2) is 0 Å². The van der Waals surface area contributed by atoms with Gasteiger partial charge in [-0.3, -0.25) is 19.3 Å². The van der Waals surface area contributed by atoms with Crippen molar-refractivity contribution in [3.8, 4) is 5.75 Å². The van der Waals surface area contributed by atoms with Gasteiger partial charge in [0.25, 0.3) is 5.91 Å². The second kappa shape index (κ2) is 11.7. The quantitative estimate of drug-likeness (QED) is 0.484. The molecule has 2 heterocycles. The molecular formula is C26H30ClN3O6. The van der Waals surface area contributed by atoms with E-state index in [1.807, 2.05) is 12.1 Å². The number of nitrogens with two attached hydrogens (primary N) is 1. The summed E-state index contributed by atoms with van der Waals surface area (Å²) in [5.74, 6) is -1.12. The number of amides is 2.